The Morgan fingerprint density at radius 2 is 2.00 bits per heavy atom. The molecule has 3 heteroatoms. The van der Waals surface area contributed by atoms with Gasteiger partial charge < -0.3 is 9.84 Å². The number of ether oxygens (including phenoxy) is 1. The zero-order valence-electron chi connectivity index (χ0n) is 11.6. The highest BCUT2D eigenvalue weighted by Crippen LogP contribution is 2.43. The summed E-state index contributed by atoms with van der Waals surface area (Å²) in [5.74, 6) is 1.71. The fraction of sp³-hybridized carbons (Fsp3) is 0.933. The molecule has 1 heterocycles. The Kier molecular flexibility index (Phi) is 4.66. The van der Waals surface area contributed by atoms with Crippen molar-refractivity contribution < 1.29 is 14.6 Å². The Morgan fingerprint density at radius 3 is 2.56 bits per heavy atom. The molecule has 2 fully saturated rings. The van der Waals surface area contributed by atoms with Crippen molar-refractivity contribution in [2.75, 3.05) is 6.61 Å². The molecule has 0 bridgehead atoms. The van der Waals surface area contributed by atoms with Gasteiger partial charge in [-0.1, -0.05) is 26.7 Å². The molecule has 3 nitrogen and oxygen atoms in total. The van der Waals surface area contributed by atoms with E-state index in [1.54, 1.807) is 0 Å². The first-order chi connectivity index (χ1) is 8.65. The predicted molar refractivity (Wildman–Crippen MR) is 70.0 cm³/mol. The minimum absolute atomic E-state index is 0.194. The van der Waals surface area contributed by atoms with Crippen molar-refractivity contribution in [1.29, 1.82) is 0 Å². The standard InChI is InChI=1S/C15H26O3/c1-3-10-7-11(4-2)12(8-10)9-14(16)13-5-6-18-15(13)17/h10-14,16H,3-9H2,1-2H3. The van der Waals surface area contributed by atoms with Crippen LogP contribution in [0.3, 0.4) is 0 Å². The van der Waals surface area contributed by atoms with Crippen molar-refractivity contribution in [3.05, 3.63) is 0 Å². The largest absolute Gasteiger partial charge is 0.465 e. The van der Waals surface area contributed by atoms with Gasteiger partial charge in [-0.3, -0.25) is 4.79 Å². The lowest BCUT2D eigenvalue weighted by molar-refractivity contribution is -0.144. The van der Waals surface area contributed by atoms with E-state index in [1.165, 1.54) is 25.7 Å². The topological polar surface area (TPSA) is 46.5 Å². The Hall–Kier alpha value is -0.570. The van der Waals surface area contributed by atoms with Gasteiger partial charge in [0, 0.05) is 0 Å². The summed E-state index contributed by atoms with van der Waals surface area (Å²) in [5.41, 5.74) is 0. The molecule has 0 amide bonds. The van der Waals surface area contributed by atoms with E-state index in [2.05, 4.69) is 13.8 Å². The Bertz CT molecular complexity index is 289. The van der Waals surface area contributed by atoms with E-state index in [0.29, 0.717) is 18.9 Å². The first-order valence-electron chi connectivity index (χ1n) is 7.50. The third-order valence-corrected chi connectivity index (χ3v) is 5.03. The minimum Gasteiger partial charge on any atom is -0.465 e. The number of aliphatic hydroxyl groups excluding tert-OH is 1. The molecule has 0 spiro atoms. The summed E-state index contributed by atoms with van der Waals surface area (Å²) in [7, 11) is 0. The summed E-state index contributed by atoms with van der Waals surface area (Å²) in [6.07, 6.45) is 5.97. The molecule has 1 aliphatic heterocycles. The van der Waals surface area contributed by atoms with E-state index in [0.717, 1.165) is 18.3 Å². The Morgan fingerprint density at radius 1 is 1.28 bits per heavy atom. The van der Waals surface area contributed by atoms with E-state index in [-0.39, 0.29) is 11.9 Å². The highest BCUT2D eigenvalue weighted by molar-refractivity contribution is 5.74. The number of hydrogen-bond acceptors (Lipinski definition) is 3. The summed E-state index contributed by atoms with van der Waals surface area (Å²) < 4.78 is 4.95. The monoisotopic (exact) mass is 254 g/mol. The Labute approximate surface area is 110 Å². The van der Waals surface area contributed by atoms with Gasteiger partial charge >= 0.3 is 5.97 Å². The number of esters is 1. The lowest BCUT2D eigenvalue weighted by atomic mass is 9.85. The normalized spacial score (nSPS) is 37.8. The second kappa shape index (κ2) is 6.05. The predicted octanol–water partition coefficient (Wildman–Crippen LogP) is 2.76. The van der Waals surface area contributed by atoms with Gasteiger partial charge in [-0.25, -0.2) is 0 Å². The summed E-state index contributed by atoms with van der Waals surface area (Å²) in [5, 5.41) is 10.3. The van der Waals surface area contributed by atoms with Gasteiger partial charge in [0.25, 0.3) is 0 Å². The zero-order valence-corrected chi connectivity index (χ0v) is 11.6. The SMILES string of the molecule is CCC1CC(CC)C(CC(O)C2CCOC2=O)C1. The molecule has 0 aromatic heterocycles. The first kappa shape index (κ1) is 13.9. The van der Waals surface area contributed by atoms with Gasteiger partial charge in [0.2, 0.25) is 0 Å². The molecule has 5 unspecified atom stereocenters. The first-order valence-corrected chi connectivity index (χ1v) is 7.50. The molecule has 2 aliphatic rings. The van der Waals surface area contributed by atoms with Gasteiger partial charge in [0.05, 0.1) is 18.6 Å². The number of rotatable bonds is 5. The molecular formula is C15H26O3. The van der Waals surface area contributed by atoms with Crippen LogP contribution in [0.4, 0.5) is 0 Å². The molecular weight excluding hydrogens is 228 g/mol. The minimum atomic E-state index is -0.491. The number of carbonyl (C=O) groups excluding carboxylic acids is 1. The molecule has 0 aromatic rings. The van der Waals surface area contributed by atoms with Crippen LogP contribution >= 0.6 is 0 Å². The van der Waals surface area contributed by atoms with Crippen molar-refractivity contribution >= 4 is 5.97 Å². The van der Waals surface area contributed by atoms with Gasteiger partial charge in [-0.15, -0.1) is 0 Å². The molecule has 5 atom stereocenters. The van der Waals surface area contributed by atoms with Crippen molar-refractivity contribution in [1.82, 2.24) is 0 Å². The average molecular weight is 254 g/mol. The number of cyclic esters (lactones) is 1. The maximum atomic E-state index is 11.5. The lowest BCUT2D eigenvalue weighted by Crippen LogP contribution is -2.28. The average Bonchev–Trinajstić information content (AvgIpc) is 2.95. The van der Waals surface area contributed by atoms with E-state index < -0.39 is 6.10 Å². The third kappa shape index (κ3) is 2.87. The van der Waals surface area contributed by atoms with Crippen LogP contribution in [0.25, 0.3) is 0 Å². The molecule has 0 radical (unpaired) electrons. The number of hydrogen-bond donors (Lipinski definition) is 1. The molecule has 18 heavy (non-hydrogen) atoms. The van der Waals surface area contributed by atoms with Crippen LogP contribution in [0.5, 0.6) is 0 Å². The summed E-state index contributed by atoms with van der Waals surface area (Å²) >= 11 is 0. The second-order valence-electron chi connectivity index (χ2n) is 6.04. The van der Waals surface area contributed by atoms with E-state index in [4.69, 9.17) is 4.74 Å². The van der Waals surface area contributed by atoms with Crippen molar-refractivity contribution in [3.8, 4) is 0 Å². The van der Waals surface area contributed by atoms with Gasteiger partial charge in [0.1, 0.15) is 0 Å². The molecule has 0 aromatic carbocycles. The van der Waals surface area contributed by atoms with Gasteiger partial charge in [-0.05, 0) is 43.4 Å². The lowest BCUT2D eigenvalue weighted by Gasteiger charge is -2.23. The van der Waals surface area contributed by atoms with Crippen LogP contribution in [0, 0.1) is 23.7 Å². The smallest absolute Gasteiger partial charge is 0.311 e. The summed E-state index contributed by atoms with van der Waals surface area (Å²) in [4.78, 5) is 11.5. The van der Waals surface area contributed by atoms with Crippen LogP contribution in [-0.2, 0) is 9.53 Å². The highest BCUT2D eigenvalue weighted by Gasteiger charge is 2.38. The number of carbonyl (C=O) groups is 1. The fourth-order valence-corrected chi connectivity index (χ4v) is 3.79. The molecule has 1 N–H and O–H groups in total. The van der Waals surface area contributed by atoms with Crippen LogP contribution in [0.1, 0.15) is 52.4 Å². The van der Waals surface area contributed by atoms with Gasteiger partial charge in [0.15, 0.2) is 0 Å². The van der Waals surface area contributed by atoms with Crippen molar-refractivity contribution in [2.45, 2.75) is 58.5 Å². The van der Waals surface area contributed by atoms with Crippen LogP contribution in [-0.4, -0.2) is 23.8 Å². The third-order valence-electron chi connectivity index (χ3n) is 5.03. The van der Waals surface area contributed by atoms with Crippen LogP contribution in [0.2, 0.25) is 0 Å². The highest BCUT2D eigenvalue weighted by atomic mass is 16.5. The molecule has 1 saturated heterocycles. The van der Waals surface area contributed by atoms with Crippen molar-refractivity contribution in [2.24, 2.45) is 23.7 Å². The molecule has 1 saturated carbocycles. The molecule has 2 rings (SSSR count). The Balaban J connectivity index is 1.89. The van der Waals surface area contributed by atoms with Crippen LogP contribution in [0.15, 0.2) is 0 Å². The molecule has 104 valence electrons. The second-order valence-corrected chi connectivity index (χ2v) is 6.04. The zero-order chi connectivity index (χ0) is 13.1. The van der Waals surface area contributed by atoms with Crippen molar-refractivity contribution in [3.63, 3.8) is 0 Å². The van der Waals surface area contributed by atoms with Gasteiger partial charge in [-0.2, -0.15) is 0 Å². The summed E-state index contributed by atoms with van der Waals surface area (Å²) in [6.45, 7) is 4.98. The van der Waals surface area contributed by atoms with E-state index in [9.17, 15) is 9.90 Å². The molecule has 1 aliphatic carbocycles. The quantitative estimate of drug-likeness (QED) is 0.767. The summed E-state index contributed by atoms with van der Waals surface area (Å²) in [6, 6.07) is 0. The maximum absolute atomic E-state index is 11.5. The maximum Gasteiger partial charge on any atom is 0.311 e. The van der Waals surface area contributed by atoms with E-state index in [1.807, 2.05) is 0 Å². The fourth-order valence-electron chi connectivity index (χ4n) is 3.79. The van der Waals surface area contributed by atoms with E-state index >= 15 is 0 Å². The number of aliphatic hydroxyl groups is 1. The van der Waals surface area contributed by atoms with Crippen LogP contribution < -0.4 is 0 Å².